The van der Waals surface area contributed by atoms with Gasteiger partial charge in [-0.15, -0.1) is 0 Å². The van der Waals surface area contributed by atoms with Gasteiger partial charge in [-0.2, -0.15) is 0 Å². The molecule has 2 aliphatic rings. The molecule has 0 saturated heterocycles. The second kappa shape index (κ2) is 16.5. The Hall–Kier alpha value is 0.899. The van der Waals surface area contributed by atoms with Crippen LogP contribution in [0.4, 0.5) is 0 Å². The summed E-state index contributed by atoms with van der Waals surface area (Å²) < 4.78 is 23.1. The molecule has 174 valence electrons. The van der Waals surface area contributed by atoms with E-state index in [4.69, 9.17) is 0 Å². The van der Waals surface area contributed by atoms with Crippen molar-refractivity contribution in [2.24, 2.45) is 11.8 Å². The molecule has 0 aliphatic heterocycles. The second-order valence-corrected chi connectivity index (χ2v) is 14.2. The quantitative estimate of drug-likeness (QED) is 0.248. The molecule has 0 N–H and O–H groups in total. The summed E-state index contributed by atoms with van der Waals surface area (Å²) in [7, 11) is -6.02. The molecule has 0 amide bonds. The Bertz CT molecular complexity index is 445. The fraction of sp³-hybridized carbons (Fsp3) is 1.00. The van der Waals surface area contributed by atoms with Crippen LogP contribution in [-0.4, -0.2) is 24.6 Å². The van der Waals surface area contributed by atoms with Crippen LogP contribution < -0.4 is 9.79 Å². The SMILES string of the molecule is CCCCP(=O)([O-])CCC1CCCC1.CCCCP(=O)([O-])CCC1CCCC1.[Fe+2]. The molecule has 2 rings (SSSR count). The molecule has 0 aromatic carbocycles. The van der Waals surface area contributed by atoms with Gasteiger partial charge >= 0.3 is 17.1 Å². The van der Waals surface area contributed by atoms with Gasteiger partial charge in [0.25, 0.3) is 0 Å². The zero-order valence-corrected chi connectivity index (χ0v) is 21.7. The second-order valence-electron chi connectivity index (χ2n) is 9.11. The van der Waals surface area contributed by atoms with Gasteiger partial charge in [-0.05, 0) is 62.2 Å². The molecule has 2 saturated carbocycles. The van der Waals surface area contributed by atoms with Crippen LogP contribution in [0.2, 0.25) is 0 Å². The minimum atomic E-state index is -3.01. The van der Waals surface area contributed by atoms with Gasteiger partial charge in [-0.25, -0.2) is 0 Å². The third-order valence-corrected chi connectivity index (χ3v) is 10.3. The van der Waals surface area contributed by atoms with Crippen LogP contribution in [0.25, 0.3) is 0 Å². The van der Waals surface area contributed by atoms with Crippen molar-refractivity contribution in [1.29, 1.82) is 0 Å². The summed E-state index contributed by atoms with van der Waals surface area (Å²) >= 11 is 0. The van der Waals surface area contributed by atoms with Gasteiger partial charge in [0.05, 0.1) is 0 Å². The molecule has 0 aromatic heterocycles. The Labute approximate surface area is 190 Å². The zero-order valence-electron chi connectivity index (χ0n) is 18.8. The fourth-order valence-corrected chi connectivity index (χ4v) is 7.94. The predicted octanol–water partition coefficient (Wildman–Crippen LogP) is 6.01. The molecule has 0 bridgehead atoms. The normalized spacial score (nSPS) is 21.7. The summed E-state index contributed by atoms with van der Waals surface area (Å²) in [6.45, 7) is 4.08. The van der Waals surface area contributed by atoms with E-state index < -0.39 is 14.7 Å². The van der Waals surface area contributed by atoms with Crippen molar-refractivity contribution in [2.45, 2.75) is 104 Å². The predicted molar refractivity (Wildman–Crippen MR) is 118 cm³/mol. The van der Waals surface area contributed by atoms with Gasteiger partial charge in [-0.3, -0.25) is 0 Å². The van der Waals surface area contributed by atoms with E-state index >= 15 is 0 Å². The first kappa shape index (κ1) is 29.9. The maximum atomic E-state index is 11.6. The molecule has 0 heterocycles. The Morgan fingerprint density at radius 2 is 0.966 bits per heavy atom. The molecule has 2 unspecified atom stereocenters. The van der Waals surface area contributed by atoms with E-state index in [1.54, 1.807) is 0 Å². The third kappa shape index (κ3) is 15.4. The van der Waals surface area contributed by atoms with E-state index in [1.807, 2.05) is 13.8 Å². The molecule has 0 aromatic rings. The Morgan fingerprint density at radius 3 is 1.24 bits per heavy atom. The molecular formula is C22H44FeO4P2. The van der Waals surface area contributed by atoms with Crippen LogP contribution in [-0.2, 0) is 26.2 Å². The molecule has 29 heavy (non-hydrogen) atoms. The van der Waals surface area contributed by atoms with Gasteiger partial charge < -0.3 is 18.9 Å². The first-order valence-electron chi connectivity index (χ1n) is 11.9. The maximum absolute atomic E-state index is 11.6. The summed E-state index contributed by atoms with van der Waals surface area (Å²) in [5.41, 5.74) is 0. The molecule has 0 spiro atoms. The zero-order chi connectivity index (χ0) is 20.9. The van der Waals surface area contributed by atoms with E-state index in [2.05, 4.69) is 0 Å². The first-order chi connectivity index (χ1) is 13.3. The minimum Gasteiger partial charge on any atom is -0.799 e. The van der Waals surface area contributed by atoms with Crippen molar-refractivity contribution < 1.29 is 36.0 Å². The number of hydrogen-bond donors (Lipinski definition) is 0. The molecule has 2 aliphatic carbocycles. The first-order valence-corrected chi connectivity index (χ1v) is 15.8. The van der Waals surface area contributed by atoms with Crippen LogP contribution in [0.3, 0.4) is 0 Å². The largest absolute Gasteiger partial charge is 2.00 e. The fourth-order valence-electron chi connectivity index (χ4n) is 4.38. The van der Waals surface area contributed by atoms with E-state index in [-0.39, 0.29) is 17.1 Å². The van der Waals surface area contributed by atoms with Gasteiger partial charge in [0, 0.05) is 14.7 Å². The summed E-state index contributed by atoms with van der Waals surface area (Å²) in [5.74, 6) is 1.41. The van der Waals surface area contributed by atoms with Crippen LogP contribution in [0.5, 0.6) is 0 Å². The molecule has 2 fully saturated rings. The average Bonchev–Trinajstić information content (AvgIpc) is 3.36. The maximum Gasteiger partial charge on any atom is 2.00 e. The van der Waals surface area contributed by atoms with Crippen LogP contribution in [0.1, 0.15) is 104 Å². The summed E-state index contributed by atoms with van der Waals surface area (Å²) in [6.07, 6.45) is 17.5. The van der Waals surface area contributed by atoms with E-state index in [1.165, 1.54) is 51.4 Å². The van der Waals surface area contributed by atoms with E-state index in [0.29, 0.717) is 36.5 Å². The Morgan fingerprint density at radius 1 is 0.655 bits per heavy atom. The van der Waals surface area contributed by atoms with Crippen molar-refractivity contribution in [3.05, 3.63) is 0 Å². The van der Waals surface area contributed by atoms with Crippen molar-refractivity contribution in [1.82, 2.24) is 0 Å². The summed E-state index contributed by atoms with van der Waals surface area (Å²) in [6, 6.07) is 0. The van der Waals surface area contributed by atoms with Crippen LogP contribution in [0.15, 0.2) is 0 Å². The van der Waals surface area contributed by atoms with Crippen molar-refractivity contribution in [2.75, 3.05) is 24.6 Å². The van der Waals surface area contributed by atoms with Crippen LogP contribution >= 0.6 is 14.7 Å². The number of hydrogen-bond acceptors (Lipinski definition) is 4. The number of rotatable bonds is 12. The van der Waals surface area contributed by atoms with Crippen molar-refractivity contribution >= 4 is 14.7 Å². The van der Waals surface area contributed by atoms with Gasteiger partial charge in [0.15, 0.2) is 0 Å². The Kier molecular flexibility index (Phi) is 17.0. The average molecular weight is 490 g/mol. The standard InChI is InChI=1S/2C11H23O2P.Fe/c2*1-2-3-9-14(12,13)10-8-11-6-4-5-7-11;/h2*11H,2-10H2,1H3,(H,12,13);/q;;+2/p-2. The Balaban J connectivity index is 0.000000523. The molecular weight excluding hydrogens is 446 g/mol. The topological polar surface area (TPSA) is 80.3 Å². The minimum absolute atomic E-state index is 0. The van der Waals surface area contributed by atoms with Crippen LogP contribution in [0, 0.1) is 11.8 Å². The molecule has 2 atom stereocenters. The number of unbranched alkanes of at least 4 members (excludes halogenated alkanes) is 2. The van der Waals surface area contributed by atoms with Crippen molar-refractivity contribution in [3.63, 3.8) is 0 Å². The molecule has 7 heteroatoms. The monoisotopic (exact) mass is 490 g/mol. The smallest absolute Gasteiger partial charge is 0.799 e. The van der Waals surface area contributed by atoms with Gasteiger partial charge in [0.2, 0.25) is 0 Å². The molecule has 0 radical (unpaired) electrons. The third-order valence-electron chi connectivity index (χ3n) is 6.41. The van der Waals surface area contributed by atoms with E-state index in [0.717, 1.165) is 38.5 Å². The molecule has 4 nitrogen and oxygen atoms in total. The van der Waals surface area contributed by atoms with E-state index in [9.17, 15) is 18.9 Å². The van der Waals surface area contributed by atoms with Crippen molar-refractivity contribution in [3.8, 4) is 0 Å². The summed E-state index contributed by atoms with van der Waals surface area (Å²) in [4.78, 5) is 23.1. The summed E-state index contributed by atoms with van der Waals surface area (Å²) in [5, 5.41) is 0. The van der Waals surface area contributed by atoms with Gasteiger partial charge in [0.1, 0.15) is 0 Å². The van der Waals surface area contributed by atoms with Gasteiger partial charge in [-0.1, -0.05) is 78.1 Å².